The van der Waals surface area contributed by atoms with Crippen LogP contribution in [0.15, 0.2) is 60.7 Å². The monoisotopic (exact) mass is 247 g/mol. The van der Waals surface area contributed by atoms with Crippen LogP contribution in [0.1, 0.15) is 5.82 Å². The Bertz CT molecular complexity index is 597. The molecule has 2 aromatic carbocycles. The summed E-state index contributed by atoms with van der Waals surface area (Å²) in [4.78, 5) is 8.03. The maximum absolute atomic E-state index is 4.66. The van der Waals surface area contributed by atoms with E-state index in [9.17, 15) is 0 Å². The molecule has 1 heterocycles. The van der Waals surface area contributed by atoms with Gasteiger partial charge in [-0.3, -0.25) is 0 Å². The van der Waals surface area contributed by atoms with E-state index in [2.05, 4.69) is 41.2 Å². The Morgan fingerprint density at radius 2 is 1.42 bits per heavy atom. The molecule has 1 radical (unpaired) electrons. The molecular weight excluding hydrogens is 232 g/mol. The molecule has 0 unspecified atom stereocenters. The van der Waals surface area contributed by atoms with Crippen molar-refractivity contribution < 1.29 is 0 Å². The standard InChI is InChI=1S/C17H15N2/c1-2-15-18-16(13-9-5-3-6-10-13)17(19-15)14-11-7-4-8-12-14/h3-12H,1-2H2,(H,18,19). The molecule has 0 saturated heterocycles. The Balaban J connectivity index is 2.17. The number of nitrogens with zero attached hydrogens (tertiary/aromatic N) is 1. The van der Waals surface area contributed by atoms with Crippen LogP contribution in [-0.4, -0.2) is 9.97 Å². The van der Waals surface area contributed by atoms with Gasteiger partial charge in [0.25, 0.3) is 0 Å². The second kappa shape index (κ2) is 5.11. The molecule has 3 aromatic rings. The minimum absolute atomic E-state index is 0.659. The van der Waals surface area contributed by atoms with Gasteiger partial charge in [0.05, 0.1) is 11.4 Å². The predicted molar refractivity (Wildman–Crippen MR) is 78.5 cm³/mol. The first-order valence-corrected chi connectivity index (χ1v) is 6.37. The van der Waals surface area contributed by atoms with Crippen molar-refractivity contribution in [3.05, 3.63) is 73.4 Å². The van der Waals surface area contributed by atoms with Crippen LogP contribution in [0.25, 0.3) is 22.5 Å². The number of hydrogen-bond donors (Lipinski definition) is 1. The first-order valence-electron chi connectivity index (χ1n) is 6.37. The van der Waals surface area contributed by atoms with Gasteiger partial charge >= 0.3 is 0 Å². The quantitative estimate of drug-likeness (QED) is 0.741. The summed E-state index contributed by atoms with van der Waals surface area (Å²) in [6.07, 6.45) is 0.659. The van der Waals surface area contributed by atoms with Gasteiger partial charge in [0.2, 0.25) is 0 Å². The van der Waals surface area contributed by atoms with Gasteiger partial charge in [-0.15, -0.1) is 0 Å². The maximum atomic E-state index is 4.66. The van der Waals surface area contributed by atoms with Crippen LogP contribution < -0.4 is 0 Å². The molecular formula is C17H15N2. The molecule has 0 spiro atoms. The molecule has 0 bridgehead atoms. The van der Waals surface area contributed by atoms with Crippen LogP contribution in [0, 0.1) is 6.92 Å². The van der Waals surface area contributed by atoms with Crippen LogP contribution in [0.4, 0.5) is 0 Å². The minimum atomic E-state index is 0.659. The number of aromatic nitrogens is 2. The van der Waals surface area contributed by atoms with E-state index in [1.54, 1.807) is 0 Å². The van der Waals surface area contributed by atoms with Gasteiger partial charge in [-0.2, -0.15) is 0 Å². The lowest BCUT2D eigenvalue weighted by Gasteiger charge is -2.02. The molecule has 1 aromatic heterocycles. The van der Waals surface area contributed by atoms with E-state index in [1.165, 1.54) is 0 Å². The zero-order valence-corrected chi connectivity index (χ0v) is 10.6. The van der Waals surface area contributed by atoms with Crippen molar-refractivity contribution in [3.63, 3.8) is 0 Å². The van der Waals surface area contributed by atoms with Gasteiger partial charge in [-0.1, -0.05) is 60.7 Å². The number of imidazole rings is 1. The van der Waals surface area contributed by atoms with E-state index < -0.39 is 0 Å². The predicted octanol–water partition coefficient (Wildman–Crippen LogP) is 4.12. The molecule has 3 rings (SSSR count). The van der Waals surface area contributed by atoms with E-state index in [0.29, 0.717) is 6.42 Å². The van der Waals surface area contributed by atoms with Gasteiger partial charge in [-0.05, 0) is 6.92 Å². The average Bonchev–Trinajstić information content (AvgIpc) is 2.93. The highest BCUT2D eigenvalue weighted by molar-refractivity contribution is 5.78. The zero-order valence-electron chi connectivity index (χ0n) is 10.6. The topological polar surface area (TPSA) is 28.7 Å². The molecule has 2 nitrogen and oxygen atoms in total. The Morgan fingerprint density at radius 3 is 2.00 bits per heavy atom. The highest BCUT2D eigenvalue weighted by Gasteiger charge is 2.12. The summed E-state index contributed by atoms with van der Waals surface area (Å²) in [5, 5.41) is 0. The van der Waals surface area contributed by atoms with Crippen molar-refractivity contribution >= 4 is 0 Å². The van der Waals surface area contributed by atoms with E-state index in [0.717, 1.165) is 28.3 Å². The number of rotatable bonds is 3. The third-order valence-electron chi connectivity index (χ3n) is 3.10. The summed E-state index contributed by atoms with van der Waals surface area (Å²) >= 11 is 0. The van der Waals surface area contributed by atoms with Crippen LogP contribution in [0.5, 0.6) is 0 Å². The van der Waals surface area contributed by atoms with Gasteiger partial charge in [0.15, 0.2) is 0 Å². The minimum Gasteiger partial charge on any atom is -0.341 e. The summed E-state index contributed by atoms with van der Waals surface area (Å²) < 4.78 is 0. The second-order valence-corrected chi connectivity index (χ2v) is 4.39. The molecule has 0 aliphatic carbocycles. The van der Waals surface area contributed by atoms with Gasteiger partial charge in [-0.25, -0.2) is 4.98 Å². The molecule has 19 heavy (non-hydrogen) atoms. The molecule has 93 valence electrons. The Labute approximate surface area is 113 Å². The molecule has 0 aliphatic rings. The number of H-pyrrole nitrogens is 1. The molecule has 0 aliphatic heterocycles. The molecule has 1 N–H and O–H groups in total. The van der Waals surface area contributed by atoms with Crippen molar-refractivity contribution in [3.8, 4) is 22.5 Å². The van der Waals surface area contributed by atoms with Crippen molar-refractivity contribution in [2.45, 2.75) is 6.42 Å². The van der Waals surface area contributed by atoms with Gasteiger partial charge < -0.3 is 4.98 Å². The first-order chi connectivity index (χ1) is 9.38. The molecule has 0 saturated carbocycles. The number of hydrogen-bond acceptors (Lipinski definition) is 1. The lowest BCUT2D eigenvalue weighted by Crippen LogP contribution is -1.82. The van der Waals surface area contributed by atoms with Crippen LogP contribution >= 0.6 is 0 Å². The van der Waals surface area contributed by atoms with Crippen molar-refractivity contribution in [1.29, 1.82) is 0 Å². The SMILES string of the molecule is [CH2]Cc1nc(-c2ccccc2)c(-c2ccccc2)[nH]1. The summed E-state index contributed by atoms with van der Waals surface area (Å²) in [7, 11) is 0. The second-order valence-electron chi connectivity index (χ2n) is 4.39. The summed E-state index contributed by atoms with van der Waals surface area (Å²) in [5.41, 5.74) is 4.32. The fourth-order valence-electron chi connectivity index (χ4n) is 2.16. The maximum Gasteiger partial charge on any atom is 0.107 e. The van der Waals surface area contributed by atoms with E-state index in [1.807, 2.05) is 36.4 Å². The van der Waals surface area contributed by atoms with Crippen molar-refractivity contribution in [2.24, 2.45) is 0 Å². The average molecular weight is 247 g/mol. The third kappa shape index (κ3) is 2.29. The van der Waals surface area contributed by atoms with E-state index >= 15 is 0 Å². The Hall–Kier alpha value is -2.35. The molecule has 0 atom stereocenters. The van der Waals surface area contributed by atoms with E-state index in [-0.39, 0.29) is 0 Å². The Kier molecular flexibility index (Phi) is 3.15. The normalized spacial score (nSPS) is 10.6. The van der Waals surface area contributed by atoms with E-state index in [4.69, 9.17) is 0 Å². The Morgan fingerprint density at radius 1 is 0.842 bits per heavy atom. The number of nitrogens with one attached hydrogen (secondary N) is 1. The highest BCUT2D eigenvalue weighted by Crippen LogP contribution is 2.29. The molecule has 0 amide bonds. The fraction of sp³-hybridized carbons (Fsp3) is 0.0588. The third-order valence-corrected chi connectivity index (χ3v) is 3.10. The lowest BCUT2D eigenvalue weighted by atomic mass is 10.1. The number of benzene rings is 2. The highest BCUT2D eigenvalue weighted by atomic mass is 14.9. The lowest BCUT2D eigenvalue weighted by molar-refractivity contribution is 1.06. The largest absolute Gasteiger partial charge is 0.341 e. The fourth-order valence-corrected chi connectivity index (χ4v) is 2.16. The molecule has 2 heteroatoms. The summed E-state index contributed by atoms with van der Waals surface area (Å²) in [6, 6.07) is 20.5. The first kappa shape index (κ1) is 11.7. The van der Waals surface area contributed by atoms with Crippen molar-refractivity contribution in [1.82, 2.24) is 9.97 Å². The van der Waals surface area contributed by atoms with Crippen LogP contribution in [0.3, 0.4) is 0 Å². The van der Waals surface area contributed by atoms with Crippen molar-refractivity contribution in [2.75, 3.05) is 0 Å². The van der Waals surface area contributed by atoms with Crippen LogP contribution in [0.2, 0.25) is 0 Å². The molecule has 0 fully saturated rings. The van der Waals surface area contributed by atoms with Gasteiger partial charge in [0.1, 0.15) is 5.82 Å². The summed E-state index contributed by atoms with van der Waals surface area (Å²) in [5.74, 6) is 0.915. The van der Waals surface area contributed by atoms with Gasteiger partial charge in [0, 0.05) is 17.5 Å². The summed E-state index contributed by atoms with van der Waals surface area (Å²) in [6.45, 7) is 3.90. The smallest absolute Gasteiger partial charge is 0.107 e. The number of aromatic amines is 1. The van der Waals surface area contributed by atoms with Crippen LogP contribution in [-0.2, 0) is 6.42 Å². The zero-order chi connectivity index (χ0) is 13.1.